The van der Waals surface area contributed by atoms with Crippen molar-refractivity contribution >= 4 is 5.76 Å². The number of rotatable bonds is 7. The van der Waals surface area contributed by atoms with Crippen molar-refractivity contribution in [2.45, 2.75) is 11.8 Å². The van der Waals surface area contributed by atoms with Crippen molar-refractivity contribution in [2.24, 2.45) is 0 Å². The van der Waals surface area contributed by atoms with E-state index < -0.39 is 5.41 Å². The summed E-state index contributed by atoms with van der Waals surface area (Å²) < 4.78 is 6.26. The first-order valence-electron chi connectivity index (χ1n) is 9.63. The lowest BCUT2D eigenvalue weighted by Crippen LogP contribution is -2.29. The molecule has 0 fully saturated rings. The molecule has 1 heteroatoms. The van der Waals surface area contributed by atoms with Crippen molar-refractivity contribution in [2.75, 3.05) is 6.61 Å². The van der Waals surface area contributed by atoms with Crippen LogP contribution in [0.5, 0.6) is 0 Å². The van der Waals surface area contributed by atoms with E-state index >= 15 is 0 Å². The SMILES string of the molecule is C=CCOC1=C(CC=C)C(c2ccccc2)(c2ccccc2)c2ccccc21. The third kappa shape index (κ3) is 2.71. The number of fused-ring (bicyclic) bond motifs is 1. The number of hydrogen-bond donors (Lipinski definition) is 0. The van der Waals surface area contributed by atoms with Crippen LogP contribution in [-0.4, -0.2) is 6.61 Å². The number of allylic oxidation sites excluding steroid dienone is 2. The second-order valence-corrected chi connectivity index (χ2v) is 6.93. The van der Waals surface area contributed by atoms with Gasteiger partial charge in [-0.25, -0.2) is 0 Å². The zero-order valence-electron chi connectivity index (χ0n) is 16.0. The maximum Gasteiger partial charge on any atom is 0.128 e. The maximum absolute atomic E-state index is 6.26. The van der Waals surface area contributed by atoms with Crippen molar-refractivity contribution in [3.63, 3.8) is 0 Å². The monoisotopic (exact) mass is 364 g/mol. The fourth-order valence-corrected chi connectivity index (χ4v) is 4.40. The zero-order valence-corrected chi connectivity index (χ0v) is 16.0. The molecule has 4 rings (SSSR count). The van der Waals surface area contributed by atoms with Gasteiger partial charge in [0.05, 0.1) is 5.41 Å². The summed E-state index contributed by atoms with van der Waals surface area (Å²) in [5.41, 5.74) is 5.70. The van der Waals surface area contributed by atoms with Crippen molar-refractivity contribution in [1.82, 2.24) is 0 Å². The van der Waals surface area contributed by atoms with E-state index in [1.165, 1.54) is 22.3 Å². The van der Waals surface area contributed by atoms with Crippen LogP contribution in [0.25, 0.3) is 5.76 Å². The Hall–Kier alpha value is -3.32. The van der Waals surface area contributed by atoms with Gasteiger partial charge >= 0.3 is 0 Å². The number of ether oxygens (including phenoxy) is 1. The highest BCUT2D eigenvalue weighted by Gasteiger charge is 2.47. The van der Waals surface area contributed by atoms with Crippen LogP contribution in [0.15, 0.2) is 116 Å². The minimum absolute atomic E-state index is 0.399. The van der Waals surface area contributed by atoms with Crippen LogP contribution in [0.1, 0.15) is 28.7 Å². The molecule has 0 atom stereocenters. The van der Waals surface area contributed by atoms with Gasteiger partial charge < -0.3 is 4.74 Å². The molecule has 3 aromatic carbocycles. The minimum Gasteiger partial charge on any atom is -0.489 e. The molecular formula is C27H24O. The Morgan fingerprint density at radius 2 is 1.29 bits per heavy atom. The van der Waals surface area contributed by atoms with Gasteiger partial charge in [-0.1, -0.05) is 104 Å². The first-order valence-corrected chi connectivity index (χ1v) is 9.63. The number of benzene rings is 3. The van der Waals surface area contributed by atoms with E-state index in [1.54, 1.807) is 6.08 Å². The van der Waals surface area contributed by atoms with Crippen molar-refractivity contribution < 1.29 is 4.74 Å². The topological polar surface area (TPSA) is 9.23 Å². The molecule has 0 spiro atoms. The molecule has 0 radical (unpaired) electrons. The highest BCUT2D eigenvalue weighted by atomic mass is 16.5. The van der Waals surface area contributed by atoms with E-state index in [0.29, 0.717) is 6.61 Å². The molecular weight excluding hydrogens is 340 g/mol. The van der Waals surface area contributed by atoms with E-state index in [4.69, 9.17) is 4.74 Å². The summed E-state index contributed by atoms with van der Waals surface area (Å²) in [5.74, 6) is 0.947. The molecule has 0 bridgehead atoms. The Morgan fingerprint density at radius 1 is 0.714 bits per heavy atom. The van der Waals surface area contributed by atoms with Gasteiger partial charge in [-0.2, -0.15) is 0 Å². The van der Waals surface area contributed by atoms with Crippen LogP contribution in [0.3, 0.4) is 0 Å². The Balaban J connectivity index is 2.12. The number of hydrogen-bond acceptors (Lipinski definition) is 1. The maximum atomic E-state index is 6.26. The lowest BCUT2D eigenvalue weighted by molar-refractivity contribution is 0.317. The van der Waals surface area contributed by atoms with E-state index in [2.05, 4.69) is 98.1 Å². The van der Waals surface area contributed by atoms with Crippen molar-refractivity contribution in [3.8, 4) is 0 Å². The van der Waals surface area contributed by atoms with Crippen LogP contribution < -0.4 is 0 Å². The Morgan fingerprint density at radius 3 is 1.86 bits per heavy atom. The van der Waals surface area contributed by atoms with Crippen LogP contribution in [0.2, 0.25) is 0 Å². The molecule has 0 aromatic heterocycles. The quantitative estimate of drug-likeness (QED) is 0.433. The fraction of sp³-hybridized carbons (Fsp3) is 0.111. The molecule has 0 aliphatic heterocycles. The molecule has 28 heavy (non-hydrogen) atoms. The highest BCUT2D eigenvalue weighted by molar-refractivity contribution is 5.82. The van der Waals surface area contributed by atoms with E-state index in [1.807, 2.05) is 6.08 Å². The Labute approximate surface area is 167 Å². The van der Waals surface area contributed by atoms with Gasteiger partial charge in [0.2, 0.25) is 0 Å². The van der Waals surface area contributed by atoms with Crippen LogP contribution in [-0.2, 0) is 10.2 Å². The molecule has 0 saturated carbocycles. The largest absolute Gasteiger partial charge is 0.489 e. The molecule has 0 unspecified atom stereocenters. The van der Waals surface area contributed by atoms with Crippen molar-refractivity contribution in [3.05, 3.63) is 138 Å². The lowest BCUT2D eigenvalue weighted by Gasteiger charge is -2.35. The minimum atomic E-state index is -0.399. The molecule has 0 saturated heterocycles. The normalized spacial score (nSPS) is 14.4. The molecule has 1 aliphatic carbocycles. The summed E-state index contributed by atoms with van der Waals surface area (Å²) in [7, 11) is 0. The van der Waals surface area contributed by atoms with Crippen LogP contribution in [0, 0.1) is 0 Å². The van der Waals surface area contributed by atoms with E-state index in [9.17, 15) is 0 Å². The molecule has 1 nitrogen and oxygen atoms in total. The predicted molar refractivity (Wildman–Crippen MR) is 117 cm³/mol. The molecule has 0 N–H and O–H groups in total. The van der Waals surface area contributed by atoms with Crippen LogP contribution >= 0.6 is 0 Å². The summed E-state index contributed by atoms with van der Waals surface area (Å²) in [5, 5.41) is 0. The standard InChI is InChI=1S/C27H24O/c1-3-13-25-26(28-20-4-2)23-18-11-12-19-24(23)27(25,21-14-7-5-8-15-21)22-16-9-6-10-17-22/h3-12,14-19H,1-2,13,20H2. The lowest BCUT2D eigenvalue weighted by atomic mass is 9.66. The Kier molecular flexibility index (Phi) is 4.99. The summed E-state index contributed by atoms with van der Waals surface area (Å²) in [6.45, 7) is 8.35. The van der Waals surface area contributed by atoms with Gasteiger partial charge in [-0.05, 0) is 28.7 Å². The summed E-state index contributed by atoms with van der Waals surface area (Å²) in [4.78, 5) is 0. The third-order valence-electron chi connectivity index (χ3n) is 5.41. The van der Waals surface area contributed by atoms with Crippen molar-refractivity contribution in [1.29, 1.82) is 0 Å². The van der Waals surface area contributed by atoms with Gasteiger partial charge in [-0.3, -0.25) is 0 Å². The first kappa shape index (κ1) is 18.1. The van der Waals surface area contributed by atoms with Gasteiger partial charge in [0.15, 0.2) is 0 Å². The van der Waals surface area contributed by atoms with Gasteiger partial charge in [0.1, 0.15) is 12.4 Å². The molecule has 138 valence electrons. The predicted octanol–water partition coefficient (Wildman–Crippen LogP) is 6.52. The summed E-state index contributed by atoms with van der Waals surface area (Å²) >= 11 is 0. The second kappa shape index (κ2) is 7.74. The van der Waals surface area contributed by atoms with Gasteiger partial charge in [0, 0.05) is 5.56 Å². The highest BCUT2D eigenvalue weighted by Crippen LogP contribution is 2.55. The molecule has 1 aliphatic rings. The molecule has 3 aromatic rings. The van der Waals surface area contributed by atoms with E-state index in [0.717, 1.165) is 17.7 Å². The average Bonchev–Trinajstić information content (AvgIpc) is 3.04. The average molecular weight is 364 g/mol. The first-order chi connectivity index (χ1) is 13.8. The summed E-state index contributed by atoms with van der Waals surface area (Å²) in [6, 6.07) is 30.0. The summed E-state index contributed by atoms with van der Waals surface area (Å²) in [6.07, 6.45) is 4.51. The van der Waals surface area contributed by atoms with Gasteiger partial charge in [0.25, 0.3) is 0 Å². The van der Waals surface area contributed by atoms with Gasteiger partial charge in [-0.15, -0.1) is 6.58 Å². The Bertz CT molecular complexity index is 973. The van der Waals surface area contributed by atoms with E-state index in [-0.39, 0.29) is 0 Å². The third-order valence-corrected chi connectivity index (χ3v) is 5.41. The molecule has 0 amide bonds. The smallest absolute Gasteiger partial charge is 0.128 e. The molecule has 0 heterocycles. The fourth-order valence-electron chi connectivity index (χ4n) is 4.40. The van der Waals surface area contributed by atoms with Crippen LogP contribution in [0.4, 0.5) is 0 Å². The second-order valence-electron chi connectivity index (χ2n) is 6.93. The zero-order chi connectivity index (χ0) is 19.4.